The molecule has 0 bridgehead atoms. The van der Waals surface area contributed by atoms with E-state index in [4.69, 9.17) is 16.3 Å². The molecule has 1 nitrogen and oxygen atoms in total. The molecule has 0 aromatic heterocycles. The van der Waals surface area contributed by atoms with Crippen LogP contribution in [0.25, 0.3) is 0 Å². The smallest absolute Gasteiger partial charge is 0.138 e. The van der Waals surface area contributed by atoms with E-state index in [0.29, 0.717) is 12.0 Å². The highest BCUT2D eigenvalue weighted by Crippen LogP contribution is 2.33. The largest absolute Gasteiger partial charge is 0.489 e. The van der Waals surface area contributed by atoms with Crippen LogP contribution in [0.3, 0.4) is 0 Å². The number of hydrogen-bond acceptors (Lipinski definition) is 1. The first-order valence-electron chi connectivity index (χ1n) is 6.31. The van der Waals surface area contributed by atoms with Gasteiger partial charge in [-0.05, 0) is 47.7 Å². The van der Waals surface area contributed by atoms with E-state index in [1.54, 1.807) is 0 Å². The molecular formula is C14H18BrClO. The van der Waals surface area contributed by atoms with Gasteiger partial charge in [0.15, 0.2) is 0 Å². The minimum Gasteiger partial charge on any atom is -0.489 e. The first-order chi connectivity index (χ1) is 8.31. The molecule has 94 valence electrons. The van der Waals surface area contributed by atoms with E-state index in [1.807, 2.05) is 18.2 Å². The number of hydrogen-bond donors (Lipinski definition) is 0. The summed E-state index contributed by atoms with van der Waals surface area (Å²) < 4.78 is 7.17. The fourth-order valence-corrected chi connectivity index (χ4v) is 3.03. The second-order valence-electron chi connectivity index (χ2n) is 4.59. The second kappa shape index (κ2) is 6.65. The third kappa shape index (κ3) is 3.62. The van der Waals surface area contributed by atoms with Gasteiger partial charge in [0.1, 0.15) is 5.75 Å². The van der Waals surface area contributed by atoms with Crippen LogP contribution < -0.4 is 4.74 Å². The van der Waals surface area contributed by atoms with Crippen LogP contribution in [-0.2, 0) is 5.88 Å². The third-order valence-electron chi connectivity index (χ3n) is 3.28. The maximum atomic E-state index is 6.16. The van der Waals surface area contributed by atoms with Crippen LogP contribution in [0.15, 0.2) is 22.7 Å². The Kier molecular flexibility index (Phi) is 5.17. The van der Waals surface area contributed by atoms with Crippen LogP contribution >= 0.6 is 27.5 Å². The molecule has 0 spiro atoms. The van der Waals surface area contributed by atoms with Crippen LogP contribution in [-0.4, -0.2) is 6.10 Å². The van der Waals surface area contributed by atoms with Gasteiger partial charge in [-0.3, -0.25) is 0 Å². The van der Waals surface area contributed by atoms with Gasteiger partial charge in [-0.2, -0.15) is 0 Å². The van der Waals surface area contributed by atoms with E-state index in [1.165, 1.54) is 38.5 Å². The van der Waals surface area contributed by atoms with Gasteiger partial charge in [0.05, 0.1) is 16.5 Å². The van der Waals surface area contributed by atoms with Crippen molar-refractivity contribution in [1.82, 2.24) is 0 Å². The van der Waals surface area contributed by atoms with Crippen molar-refractivity contribution in [2.24, 2.45) is 0 Å². The summed E-state index contributed by atoms with van der Waals surface area (Å²) in [4.78, 5) is 0. The maximum Gasteiger partial charge on any atom is 0.138 e. The Morgan fingerprint density at radius 1 is 1.18 bits per heavy atom. The van der Waals surface area contributed by atoms with Gasteiger partial charge in [0.2, 0.25) is 0 Å². The van der Waals surface area contributed by atoms with Crippen molar-refractivity contribution in [3.8, 4) is 5.75 Å². The number of para-hydroxylation sites is 1. The fraction of sp³-hybridized carbons (Fsp3) is 0.571. The summed E-state index contributed by atoms with van der Waals surface area (Å²) in [6.07, 6.45) is 7.96. The average molecular weight is 318 g/mol. The van der Waals surface area contributed by atoms with Crippen LogP contribution in [0.5, 0.6) is 5.75 Å². The van der Waals surface area contributed by atoms with Gasteiger partial charge in [0, 0.05) is 5.56 Å². The zero-order valence-electron chi connectivity index (χ0n) is 9.92. The summed E-state index contributed by atoms with van der Waals surface area (Å²) >= 11 is 9.50. The van der Waals surface area contributed by atoms with Crippen molar-refractivity contribution in [1.29, 1.82) is 0 Å². The van der Waals surface area contributed by atoms with Crippen molar-refractivity contribution in [2.75, 3.05) is 0 Å². The Balaban J connectivity index is 2.11. The van der Waals surface area contributed by atoms with E-state index < -0.39 is 0 Å². The Hall–Kier alpha value is -0.210. The molecule has 0 amide bonds. The molecule has 1 aromatic carbocycles. The lowest BCUT2D eigenvalue weighted by molar-refractivity contribution is 0.181. The molecule has 1 aliphatic carbocycles. The predicted molar refractivity (Wildman–Crippen MR) is 75.8 cm³/mol. The van der Waals surface area contributed by atoms with Gasteiger partial charge in [-0.15, -0.1) is 11.6 Å². The summed E-state index contributed by atoms with van der Waals surface area (Å²) in [5.41, 5.74) is 1.07. The molecule has 17 heavy (non-hydrogen) atoms. The molecule has 0 heterocycles. The number of ether oxygens (including phenoxy) is 1. The predicted octanol–water partition coefficient (Wildman–Crippen LogP) is 5.29. The molecule has 1 saturated carbocycles. The molecule has 0 unspecified atom stereocenters. The molecule has 2 rings (SSSR count). The van der Waals surface area contributed by atoms with Gasteiger partial charge in [0.25, 0.3) is 0 Å². The lowest BCUT2D eigenvalue weighted by Gasteiger charge is -2.20. The van der Waals surface area contributed by atoms with Crippen LogP contribution in [0.1, 0.15) is 44.1 Å². The maximum absolute atomic E-state index is 6.16. The van der Waals surface area contributed by atoms with E-state index >= 15 is 0 Å². The highest BCUT2D eigenvalue weighted by molar-refractivity contribution is 9.10. The topological polar surface area (TPSA) is 9.23 Å². The van der Waals surface area contributed by atoms with Crippen LogP contribution in [0, 0.1) is 0 Å². The Morgan fingerprint density at radius 3 is 2.53 bits per heavy atom. The van der Waals surface area contributed by atoms with E-state index in [0.717, 1.165) is 15.8 Å². The van der Waals surface area contributed by atoms with Crippen molar-refractivity contribution >= 4 is 27.5 Å². The summed E-state index contributed by atoms with van der Waals surface area (Å²) in [5, 5.41) is 0. The number of alkyl halides is 1. The summed E-state index contributed by atoms with van der Waals surface area (Å²) in [6, 6.07) is 6.05. The zero-order chi connectivity index (χ0) is 12.1. The first kappa shape index (κ1) is 13.2. The highest BCUT2D eigenvalue weighted by Gasteiger charge is 2.16. The van der Waals surface area contributed by atoms with Crippen molar-refractivity contribution in [3.63, 3.8) is 0 Å². The summed E-state index contributed by atoms with van der Waals surface area (Å²) in [5.74, 6) is 1.44. The molecule has 0 aliphatic heterocycles. The van der Waals surface area contributed by atoms with E-state index in [2.05, 4.69) is 15.9 Å². The van der Waals surface area contributed by atoms with Crippen molar-refractivity contribution in [2.45, 2.75) is 50.5 Å². The second-order valence-corrected chi connectivity index (χ2v) is 5.71. The molecule has 0 radical (unpaired) electrons. The molecule has 0 saturated heterocycles. The van der Waals surface area contributed by atoms with Gasteiger partial charge >= 0.3 is 0 Å². The quantitative estimate of drug-likeness (QED) is 0.543. The van der Waals surface area contributed by atoms with Crippen molar-refractivity contribution in [3.05, 3.63) is 28.2 Å². The molecular weight excluding hydrogens is 300 g/mol. The molecule has 1 aliphatic rings. The molecule has 3 heteroatoms. The highest BCUT2D eigenvalue weighted by atomic mass is 79.9. The Bertz CT molecular complexity index is 359. The number of halogens is 2. The monoisotopic (exact) mass is 316 g/mol. The number of benzene rings is 1. The van der Waals surface area contributed by atoms with Crippen LogP contribution in [0.4, 0.5) is 0 Å². The minimum atomic E-state index is 0.359. The number of rotatable bonds is 3. The van der Waals surface area contributed by atoms with Gasteiger partial charge < -0.3 is 4.74 Å². The zero-order valence-corrected chi connectivity index (χ0v) is 12.3. The first-order valence-corrected chi connectivity index (χ1v) is 7.64. The summed E-state index contributed by atoms with van der Waals surface area (Å²) in [7, 11) is 0. The van der Waals surface area contributed by atoms with E-state index in [9.17, 15) is 0 Å². The van der Waals surface area contributed by atoms with Gasteiger partial charge in [-0.25, -0.2) is 0 Å². The lowest BCUT2D eigenvalue weighted by Crippen LogP contribution is -2.16. The molecule has 1 fully saturated rings. The van der Waals surface area contributed by atoms with Crippen molar-refractivity contribution < 1.29 is 4.74 Å². The minimum absolute atomic E-state index is 0.359. The molecule has 1 aromatic rings. The Labute approximate surface area is 117 Å². The van der Waals surface area contributed by atoms with Crippen LogP contribution in [0.2, 0.25) is 0 Å². The summed E-state index contributed by atoms with van der Waals surface area (Å²) in [6.45, 7) is 0. The molecule has 0 atom stereocenters. The molecule has 0 N–H and O–H groups in total. The standard InChI is InChI=1S/C14H18BrClO/c15-13-9-5-6-11(10-16)14(13)17-12-7-3-1-2-4-8-12/h5-6,9,12H,1-4,7-8,10H2. The third-order valence-corrected chi connectivity index (χ3v) is 4.19. The fourth-order valence-electron chi connectivity index (χ4n) is 2.32. The Morgan fingerprint density at radius 2 is 1.88 bits per heavy atom. The normalized spacial score (nSPS) is 17.8. The SMILES string of the molecule is ClCc1cccc(Br)c1OC1CCCCCC1. The average Bonchev–Trinajstić information content (AvgIpc) is 2.60. The van der Waals surface area contributed by atoms with E-state index in [-0.39, 0.29) is 0 Å². The lowest BCUT2D eigenvalue weighted by atomic mass is 10.1. The van der Waals surface area contributed by atoms with Gasteiger partial charge in [-0.1, -0.05) is 25.0 Å².